The van der Waals surface area contributed by atoms with Crippen LogP contribution in [0.2, 0.25) is 5.02 Å². The van der Waals surface area contributed by atoms with Crippen molar-refractivity contribution in [2.45, 2.75) is 13.3 Å². The van der Waals surface area contributed by atoms with Crippen LogP contribution in [0.5, 0.6) is 0 Å². The number of amides is 1. The van der Waals surface area contributed by atoms with Gasteiger partial charge in [-0.05, 0) is 54.5 Å². The van der Waals surface area contributed by atoms with E-state index in [1.807, 2.05) is 36.4 Å². The molecule has 0 aliphatic heterocycles. The van der Waals surface area contributed by atoms with Gasteiger partial charge in [-0.25, -0.2) is 0 Å². The van der Waals surface area contributed by atoms with Crippen molar-refractivity contribution in [3.05, 3.63) is 59.1 Å². The third-order valence-electron chi connectivity index (χ3n) is 3.18. The molecule has 23 heavy (non-hydrogen) atoms. The van der Waals surface area contributed by atoms with Crippen molar-refractivity contribution >= 4 is 46.2 Å². The molecule has 0 saturated heterocycles. The summed E-state index contributed by atoms with van der Waals surface area (Å²) in [5.74, 6) is -0.147. The van der Waals surface area contributed by atoms with Gasteiger partial charge in [-0.15, -0.1) is 0 Å². The van der Waals surface area contributed by atoms with Gasteiger partial charge in [0.15, 0.2) is 5.11 Å². The Morgan fingerprint density at radius 1 is 1.09 bits per heavy atom. The van der Waals surface area contributed by atoms with E-state index >= 15 is 0 Å². The smallest absolute Gasteiger partial charge is 0.243 e. The zero-order valence-corrected chi connectivity index (χ0v) is 14.3. The van der Waals surface area contributed by atoms with Crippen LogP contribution in [0.3, 0.4) is 0 Å². The number of rotatable bonds is 5. The summed E-state index contributed by atoms with van der Waals surface area (Å²) in [6.07, 6.45) is 0.862. The van der Waals surface area contributed by atoms with Crippen molar-refractivity contribution in [3.63, 3.8) is 0 Å². The molecule has 1 amide bonds. The average molecular weight is 348 g/mol. The van der Waals surface area contributed by atoms with Gasteiger partial charge in [-0.3, -0.25) is 4.79 Å². The Kier molecular flexibility index (Phi) is 6.38. The number of para-hydroxylation sites is 1. The molecular formula is C17H18ClN3OS. The molecule has 6 heteroatoms. The van der Waals surface area contributed by atoms with Gasteiger partial charge in [-0.1, -0.05) is 36.7 Å². The zero-order valence-electron chi connectivity index (χ0n) is 12.7. The predicted octanol–water partition coefficient (Wildman–Crippen LogP) is 3.83. The van der Waals surface area contributed by atoms with E-state index in [4.69, 9.17) is 23.8 Å². The summed E-state index contributed by atoms with van der Waals surface area (Å²) in [6.45, 7) is 2.14. The minimum absolute atomic E-state index is 0.0947. The largest absolute Gasteiger partial charge is 0.353 e. The summed E-state index contributed by atoms with van der Waals surface area (Å²) in [5.41, 5.74) is 2.74. The first-order valence-corrected chi connectivity index (χ1v) is 8.05. The van der Waals surface area contributed by atoms with Gasteiger partial charge in [0.05, 0.1) is 6.54 Å². The van der Waals surface area contributed by atoms with Crippen LogP contribution in [0.1, 0.15) is 12.5 Å². The number of benzene rings is 2. The van der Waals surface area contributed by atoms with Crippen molar-refractivity contribution in [3.8, 4) is 0 Å². The number of hydrogen-bond acceptors (Lipinski definition) is 2. The standard InChI is InChI=1S/C17H18ClN3OS/c1-2-12-5-3-4-6-15(12)21-16(22)11-19-17(23)20-14-9-7-13(18)8-10-14/h3-10H,2,11H2,1H3,(H,21,22)(H2,19,20,23). The molecule has 0 bridgehead atoms. The van der Waals surface area contributed by atoms with E-state index in [9.17, 15) is 4.79 Å². The Balaban J connectivity index is 1.82. The second-order valence-electron chi connectivity index (χ2n) is 4.87. The first-order chi connectivity index (χ1) is 11.1. The first-order valence-electron chi connectivity index (χ1n) is 7.26. The van der Waals surface area contributed by atoms with Gasteiger partial charge in [-0.2, -0.15) is 0 Å². The van der Waals surface area contributed by atoms with Crippen LogP contribution in [0.15, 0.2) is 48.5 Å². The van der Waals surface area contributed by atoms with Crippen LogP contribution in [-0.4, -0.2) is 17.6 Å². The molecule has 2 aromatic rings. The highest BCUT2D eigenvalue weighted by Crippen LogP contribution is 2.15. The summed E-state index contributed by atoms with van der Waals surface area (Å²) in [4.78, 5) is 12.0. The Hall–Kier alpha value is -2.11. The van der Waals surface area contributed by atoms with Crippen molar-refractivity contribution in [2.24, 2.45) is 0 Å². The normalized spacial score (nSPS) is 10.0. The number of carbonyl (C=O) groups excluding carboxylic acids is 1. The van der Waals surface area contributed by atoms with Gasteiger partial charge in [0.2, 0.25) is 5.91 Å². The lowest BCUT2D eigenvalue weighted by Gasteiger charge is -2.12. The van der Waals surface area contributed by atoms with Gasteiger partial charge < -0.3 is 16.0 Å². The number of carbonyl (C=O) groups is 1. The maximum atomic E-state index is 12.0. The second-order valence-corrected chi connectivity index (χ2v) is 5.72. The summed E-state index contributed by atoms with van der Waals surface area (Å²) in [7, 11) is 0. The number of hydrogen-bond donors (Lipinski definition) is 3. The van der Waals surface area contributed by atoms with Crippen LogP contribution in [-0.2, 0) is 11.2 Å². The van der Waals surface area contributed by atoms with Crippen molar-refractivity contribution in [1.29, 1.82) is 0 Å². The molecule has 4 nitrogen and oxygen atoms in total. The molecule has 0 fully saturated rings. The van der Waals surface area contributed by atoms with Gasteiger partial charge in [0.25, 0.3) is 0 Å². The lowest BCUT2D eigenvalue weighted by atomic mass is 10.1. The predicted molar refractivity (Wildman–Crippen MR) is 100 cm³/mol. The van der Waals surface area contributed by atoms with E-state index in [0.29, 0.717) is 10.1 Å². The van der Waals surface area contributed by atoms with Crippen molar-refractivity contribution < 1.29 is 4.79 Å². The molecule has 0 spiro atoms. The summed E-state index contributed by atoms with van der Waals surface area (Å²) in [6, 6.07) is 14.9. The molecule has 2 aromatic carbocycles. The first kappa shape index (κ1) is 17.2. The fourth-order valence-corrected chi connectivity index (χ4v) is 2.33. The van der Waals surface area contributed by atoms with Crippen LogP contribution < -0.4 is 16.0 Å². The van der Waals surface area contributed by atoms with Gasteiger partial charge in [0, 0.05) is 16.4 Å². The topological polar surface area (TPSA) is 53.2 Å². The number of anilines is 2. The SMILES string of the molecule is CCc1ccccc1NC(=O)CNC(=S)Nc1ccc(Cl)cc1. The van der Waals surface area contributed by atoms with E-state index in [-0.39, 0.29) is 12.5 Å². The third kappa shape index (κ3) is 5.54. The van der Waals surface area contributed by atoms with Gasteiger partial charge in [0.1, 0.15) is 0 Å². The zero-order chi connectivity index (χ0) is 16.7. The molecule has 0 unspecified atom stereocenters. The minimum atomic E-state index is -0.147. The Morgan fingerprint density at radius 3 is 2.48 bits per heavy atom. The highest BCUT2D eigenvalue weighted by atomic mass is 35.5. The number of aryl methyl sites for hydroxylation is 1. The minimum Gasteiger partial charge on any atom is -0.353 e. The average Bonchev–Trinajstić information content (AvgIpc) is 2.55. The molecule has 0 saturated carbocycles. The highest BCUT2D eigenvalue weighted by molar-refractivity contribution is 7.80. The molecule has 0 aliphatic carbocycles. The van der Waals surface area contributed by atoms with Gasteiger partial charge >= 0.3 is 0 Å². The molecule has 0 aliphatic rings. The summed E-state index contributed by atoms with van der Waals surface area (Å²) in [5, 5.41) is 9.79. The maximum absolute atomic E-state index is 12.0. The molecule has 2 rings (SSSR count). The van der Waals surface area contributed by atoms with E-state index in [1.165, 1.54) is 0 Å². The number of thiocarbonyl (C=S) groups is 1. The quantitative estimate of drug-likeness (QED) is 0.719. The molecule has 0 atom stereocenters. The van der Waals surface area contributed by atoms with E-state index in [0.717, 1.165) is 23.4 Å². The third-order valence-corrected chi connectivity index (χ3v) is 3.68. The second kappa shape index (κ2) is 8.50. The van der Waals surface area contributed by atoms with E-state index in [2.05, 4.69) is 22.9 Å². The monoisotopic (exact) mass is 347 g/mol. The van der Waals surface area contributed by atoms with Crippen LogP contribution in [0.4, 0.5) is 11.4 Å². The van der Waals surface area contributed by atoms with Crippen LogP contribution >= 0.6 is 23.8 Å². The van der Waals surface area contributed by atoms with Crippen LogP contribution in [0, 0.1) is 0 Å². The molecule has 0 radical (unpaired) electrons. The number of nitrogens with one attached hydrogen (secondary N) is 3. The fourth-order valence-electron chi connectivity index (χ4n) is 2.01. The molecule has 3 N–H and O–H groups in total. The van der Waals surface area contributed by atoms with Crippen molar-refractivity contribution in [2.75, 3.05) is 17.2 Å². The van der Waals surface area contributed by atoms with E-state index < -0.39 is 0 Å². The number of halogens is 1. The molecule has 120 valence electrons. The molecule has 0 heterocycles. The maximum Gasteiger partial charge on any atom is 0.243 e. The lowest BCUT2D eigenvalue weighted by Crippen LogP contribution is -2.35. The van der Waals surface area contributed by atoms with Crippen molar-refractivity contribution in [1.82, 2.24) is 5.32 Å². The molecule has 0 aromatic heterocycles. The Labute approximate surface area is 146 Å². The summed E-state index contributed by atoms with van der Waals surface area (Å²) < 4.78 is 0. The molecular weight excluding hydrogens is 330 g/mol. The lowest BCUT2D eigenvalue weighted by molar-refractivity contribution is -0.115. The summed E-state index contributed by atoms with van der Waals surface area (Å²) >= 11 is 11.0. The Morgan fingerprint density at radius 2 is 1.78 bits per heavy atom. The highest BCUT2D eigenvalue weighted by Gasteiger charge is 2.06. The van der Waals surface area contributed by atoms with E-state index in [1.54, 1.807) is 12.1 Å². The Bertz CT molecular complexity index is 688. The van der Waals surface area contributed by atoms with Crippen LogP contribution in [0.25, 0.3) is 0 Å². The fraction of sp³-hybridized carbons (Fsp3) is 0.176.